The van der Waals surface area contributed by atoms with E-state index in [1.54, 1.807) is 0 Å². The first kappa shape index (κ1) is 14.3. The second kappa shape index (κ2) is 6.36. The number of nitrogens with zero attached hydrogens (tertiary/aromatic N) is 2. The maximum absolute atomic E-state index is 5.85. The van der Waals surface area contributed by atoms with E-state index < -0.39 is 0 Å². The quantitative estimate of drug-likeness (QED) is 0.834. The summed E-state index contributed by atoms with van der Waals surface area (Å²) in [5, 5.41) is 0. The summed E-state index contributed by atoms with van der Waals surface area (Å²) in [4.78, 5) is 5.39. The van der Waals surface area contributed by atoms with Crippen LogP contribution in [-0.2, 0) is 0 Å². The second-order valence-corrected chi connectivity index (χ2v) is 6.60. The average molecular weight is 253 g/mol. The van der Waals surface area contributed by atoms with E-state index in [4.69, 9.17) is 5.73 Å². The van der Waals surface area contributed by atoms with Crippen molar-refractivity contribution in [3.63, 3.8) is 0 Å². The summed E-state index contributed by atoms with van der Waals surface area (Å²) < 4.78 is 0. The van der Waals surface area contributed by atoms with Gasteiger partial charge in [0.2, 0.25) is 0 Å². The van der Waals surface area contributed by atoms with Crippen LogP contribution in [0.1, 0.15) is 46.5 Å². The summed E-state index contributed by atoms with van der Waals surface area (Å²) in [6.45, 7) is 11.7. The van der Waals surface area contributed by atoms with Crippen LogP contribution in [0.4, 0.5) is 0 Å². The van der Waals surface area contributed by atoms with Crippen molar-refractivity contribution in [2.75, 3.05) is 26.2 Å². The van der Waals surface area contributed by atoms with Crippen LogP contribution < -0.4 is 5.73 Å². The Kier molecular flexibility index (Phi) is 5.05. The highest BCUT2D eigenvalue weighted by Crippen LogP contribution is 2.29. The van der Waals surface area contributed by atoms with E-state index in [0.717, 1.165) is 24.5 Å². The monoisotopic (exact) mass is 253 g/mol. The molecule has 0 spiro atoms. The zero-order valence-electron chi connectivity index (χ0n) is 12.4. The lowest BCUT2D eigenvalue weighted by Crippen LogP contribution is -2.39. The van der Waals surface area contributed by atoms with Crippen LogP contribution >= 0.6 is 0 Å². The fourth-order valence-corrected chi connectivity index (χ4v) is 3.80. The highest BCUT2D eigenvalue weighted by molar-refractivity contribution is 4.89. The number of likely N-dealkylation sites (tertiary alicyclic amines) is 2. The van der Waals surface area contributed by atoms with Crippen LogP contribution in [0, 0.1) is 5.92 Å². The van der Waals surface area contributed by atoms with Crippen molar-refractivity contribution in [1.82, 2.24) is 9.80 Å². The van der Waals surface area contributed by atoms with Gasteiger partial charge in [-0.15, -0.1) is 0 Å². The van der Waals surface area contributed by atoms with Crippen molar-refractivity contribution in [2.24, 2.45) is 11.7 Å². The number of rotatable bonds is 3. The Morgan fingerprint density at radius 1 is 1.22 bits per heavy atom. The van der Waals surface area contributed by atoms with E-state index in [9.17, 15) is 0 Å². The first-order chi connectivity index (χ1) is 8.61. The molecule has 3 heteroatoms. The van der Waals surface area contributed by atoms with Crippen LogP contribution in [0.2, 0.25) is 0 Å². The normalized spacial score (nSPS) is 36.2. The first-order valence-electron chi connectivity index (χ1n) is 7.81. The predicted molar refractivity (Wildman–Crippen MR) is 77.7 cm³/mol. The molecule has 2 aliphatic heterocycles. The van der Waals surface area contributed by atoms with Crippen molar-refractivity contribution < 1.29 is 0 Å². The molecule has 0 radical (unpaired) electrons. The Labute approximate surface area is 113 Å². The van der Waals surface area contributed by atoms with Gasteiger partial charge in [-0.05, 0) is 72.0 Å². The smallest absolute Gasteiger partial charge is 0.0111 e. The minimum atomic E-state index is 0.705. The lowest BCUT2D eigenvalue weighted by Gasteiger charge is -2.31. The molecule has 3 atom stereocenters. The van der Waals surface area contributed by atoms with Crippen LogP contribution in [0.3, 0.4) is 0 Å². The summed E-state index contributed by atoms with van der Waals surface area (Å²) in [6, 6.07) is 2.26. The third kappa shape index (κ3) is 3.25. The predicted octanol–water partition coefficient (Wildman–Crippen LogP) is 1.92. The highest BCUT2D eigenvalue weighted by atomic mass is 15.2. The zero-order chi connectivity index (χ0) is 13.1. The van der Waals surface area contributed by atoms with Gasteiger partial charge >= 0.3 is 0 Å². The molecular formula is C15H31N3. The lowest BCUT2D eigenvalue weighted by atomic mass is 10.1. The average Bonchev–Trinajstić information content (AvgIpc) is 2.58. The molecule has 3 unspecified atom stereocenters. The van der Waals surface area contributed by atoms with Crippen molar-refractivity contribution in [3.05, 3.63) is 0 Å². The van der Waals surface area contributed by atoms with Crippen molar-refractivity contribution in [3.8, 4) is 0 Å². The summed E-state index contributed by atoms with van der Waals surface area (Å²) in [7, 11) is 0. The fourth-order valence-electron chi connectivity index (χ4n) is 3.80. The Morgan fingerprint density at radius 2 is 2.00 bits per heavy atom. The summed E-state index contributed by atoms with van der Waals surface area (Å²) in [5.74, 6) is 0.740. The van der Waals surface area contributed by atoms with Gasteiger partial charge in [0.15, 0.2) is 0 Å². The van der Waals surface area contributed by atoms with Gasteiger partial charge in [0.05, 0.1) is 0 Å². The molecule has 0 bridgehead atoms. The van der Waals surface area contributed by atoms with Gasteiger partial charge in [-0.2, -0.15) is 0 Å². The summed E-state index contributed by atoms with van der Waals surface area (Å²) >= 11 is 0. The molecule has 0 saturated carbocycles. The topological polar surface area (TPSA) is 32.5 Å². The van der Waals surface area contributed by atoms with Crippen LogP contribution in [0.15, 0.2) is 0 Å². The fraction of sp³-hybridized carbons (Fsp3) is 1.00. The maximum Gasteiger partial charge on any atom is 0.0111 e. The van der Waals surface area contributed by atoms with E-state index in [-0.39, 0.29) is 0 Å². The van der Waals surface area contributed by atoms with Crippen molar-refractivity contribution >= 4 is 0 Å². The second-order valence-electron chi connectivity index (χ2n) is 6.60. The van der Waals surface area contributed by atoms with Crippen molar-refractivity contribution in [1.29, 1.82) is 0 Å². The maximum atomic E-state index is 5.85. The molecule has 2 fully saturated rings. The van der Waals surface area contributed by atoms with E-state index in [0.29, 0.717) is 6.04 Å². The van der Waals surface area contributed by atoms with Gasteiger partial charge in [-0.3, -0.25) is 4.90 Å². The molecule has 2 aliphatic rings. The number of nitrogens with two attached hydrogens (primary N) is 1. The lowest BCUT2D eigenvalue weighted by molar-refractivity contribution is 0.163. The Hall–Kier alpha value is -0.120. The number of hydrogen-bond donors (Lipinski definition) is 1. The standard InChI is InChI=1S/C15H31N3/c1-12(2)17-7-4-5-15(6-8-17)18-11-14(10-16)9-13(18)3/h12-15H,4-11,16H2,1-3H3. The van der Waals surface area contributed by atoms with E-state index in [2.05, 4.69) is 30.6 Å². The molecule has 0 aliphatic carbocycles. The van der Waals surface area contributed by atoms with E-state index in [1.807, 2.05) is 0 Å². The third-order valence-corrected chi connectivity index (χ3v) is 4.97. The molecule has 0 aromatic carbocycles. The third-order valence-electron chi connectivity index (χ3n) is 4.97. The van der Waals surface area contributed by atoms with Crippen LogP contribution in [0.25, 0.3) is 0 Å². The van der Waals surface area contributed by atoms with Gasteiger partial charge in [0, 0.05) is 24.7 Å². The molecule has 0 aromatic heterocycles. The largest absolute Gasteiger partial charge is 0.330 e. The summed E-state index contributed by atoms with van der Waals surface area (Å²) in [5.41, 5.74) is 5.85. The minimum absolute atomic E-state index is 0.705. The SMILES string of the molecule is CC(C)N1CCCC(N2CC(CN)CC2C)CC1. The molecule has 2 rings (SSSR count). The molecule has 3 nitrogen and oxygen atoms in total. The molecule has 18 heavy (non-hydrogen) atoms. The van der Waals surface area contributed by atoms with Gasteiger partial charge in [-0.1, -0.05) is 0 Å². The van der Waals surface area contributed by atoms with Crippen LogP contribution in [-0.4, -0.2) is 54.1 Å². The van der Waals surface area contributed by atoms with Gasteiger partial charge in [-0.25, -0.2) is 0 Å². The highest BCUT2D eigenvalue weighted by Gasteiger charge is 2.33. The number of hydrogen-bond acceptors (Lipinski definition) is 3. The minimum Gasteiger partial charge on any atom is -0.330 e. The Morgan fingerprint density at radius 3 is 2.61 bits per heavy atom. The molecule has 0 aromatic rings. The molecule has 106 valence electrons. The van der Waals surface area contributed by atoms with Crippen molar-refractivity contribution in [2.45, 2.75) is 64.6 Å². The molecular weight excluding hydrogens is 222 g/mol. The Balaban J connectivity index is 1.90. The van der Waals surface area contributed by atoms with Gasteiger partial charge < -0.3 is 10.6 Å². The van der Waals surface area contributed by atoms with Crippen LogP contribution in [0.5, 0.6) is 0 Å². The summed E-state index contributed by atoms with van der Waals surface area (Å²) in [6.07, 6.45) is 5.39. The molecule has 0 amide bonds. The molecule has 2 heterocycles. The van der Waals surface area contributed by atoms with E-state index in [1.165, 1.54) is 45.3 Å². The Bertz CT molecular complexity index is 254. The zero-order valence-corrected chi connectivity index (χ0v) is 12.4. The van der Waals surface area contributed by atoms with E-state index >= 15 is 0 Å². The molecule has 2 saturated heterocycles. The first-order valence-corrected chi connectivity index (χ1v) is 7.81. The molecule has 2 N–H and O–H groups in total. The van der Waals surface area contributed by atoms with Gasteiger partial charge in [0.1, 0.15) is 0 Å². The van der Waals surface area contributed by atoms with Gasteiger partial charge in [0.25, 0.3) is 0 Å².